The number of ketones is 1. The molecular formula is C22H17ClN2O3S2. The number of fused-ring (bicyclic) bond motifs is 2. The first-order chi connectivity index (χ1) is 14.3. The lowest BCUT2D eigenvalue weighted by molar-refractivity contribution is -0.115. The van der Waals surface area contributed by atoms with Gasteiger partial charge in [-0.05, 0) is 57.2 Å². The van der Waals surface area contributed by atoms with E-state index in [1.807, 2.05) is 55.1 Å². The van der Waals surface area contributed by atoms with Crippen LogP contribution in [0.25, 0.3) is 16.8 Å². The van der Waals surface area contributed by atoms with Gasteiger partial charge in [0.25, 0.3) is 11.7 Å². The van der Waals surface area contributed by atoms with E-state index >= 15 is 0 Å². The number of ether oxygens (including phenoxy) is 1. The number of carbonyl (C=O) groups excluding carboxylic acids is 2. The summed E-state index contributed by atoms with van der Waals surface area (Å²) in [4.78, 5) is 28.3. The van der Waals surface area contributed by atoms with Gasteiger partial charge in [0.2, 0.25) is 0 Å². The Morgan fingerprint density at radius 3 is 2.47 bits per heavy atom. The maximum Gasteiger partial charge on any atom is 0.300 e. The van der Waals surface area contributed by atoms with Gasteiger partial charge in [0.05, 0.1) is 34.0 Å². The van der Waals surface area contributed by atoms with Gasteiger partial charge in [-0.2, -0.15) is 0 Å². The van der Waals surface area contributed by atoms with Crippen LogP contribution in [0.1, 0.15) is 36.0 Å². The third kappa shape index (κ3) is 2.49. The Labute approximate surface area is 187 Å². The van der Waals surface area contributed by atoms with Gasteiger partial charge in [-0.1, -0.05) is 35.4 Å². The molecular weight excluding hydrogens is 440 g/mol. The van der Waals surface area contributed by atoms with Crippen LogP contribution in [0.15, 0.2) is 36.4 Å². The van der Waals surface area contributed by atoms with E-state index in [9.17, 15) is 9.59 Å². The summed E-state index contributed by atoms with van der Waals surface area (Å²) in [6, 6.07) is 11.0. The van der Waals surface area contributed by atoms with Crippen molar-refractivity contribution in [1.29, 1.82) is 0 Å². The molecule has 1 amide bonds. The molecule has 0 N–H and O–H groups in total. The standard InChI is InChI=1S/C22H17ClN2O3S2/c1-4-28-13-9-14-16-19(30-25(21(16)29)12-7-5-11(23)6-8-12)22(2,3)24-17(14)15(10-13)18(26)20(24)27/h5-10H,4H2,1-3H3. The van der Waals surface area contributed by atoms with Gasteiger partial charge in [-0.15, -0.1) is 0 Å². The third-order valence-corrected chi connectivity index (χ3v) is 7.73. The van der Waals surface area contributed by atoms with Crippen LogP contribution in [0.5, 0.6) is 5.75 Å². The Morgan fingerprint density at radius 1 is 1.13 bits per heavy atom. The average molecular weight is 457 g/mol. The zero-order chi connectivity index (χ0) is 21.4. The second-order valence-electron chi connectivity index (χ2n) is 7.70. The second-order valence-corrected chi connectivity index (χ2v) is 9.48. The molecule has 0 fully saturated rings. The fourth-order valence-corrected chi connectivity index (χ4v) is 6.01. The fourth-order valence-electron chi connectivity index (χ4n) is 4.19. The highest BCUT2D eigenvalue weighted by molar-refractivity contribution is 7.71. The normalized spacial score (nSPS) is 15.9. The van der Waals surface area contributed by atoms with Crippen LogP contribution >= 0.6 is 35.4 Å². The van der Waals surface area contributed by atoms with Crippen LogP contribution in [-0.2, 0) is 10.3 Å². The zero-order valence-electron chi connectivity index (χ0n) is 16.5. The molecule has 0 radical (unpaired) electrons. The predicted octanol–water partition coefficient (Wildman–Crippen LogP) is 5.77. The molecule has 0 unspecified atom stereocenters. The van der Waals surface area contributed by atoms with E-state index in [0.29, 0.717) is 33.3 Å². The van der Waals surface area contributed by atoms with Crippen molar-refractivity contribution in [1.82, 2.24) is 3.96 Å². The highest BCUT2D eigenvalue weighted by Gasteiger charge is 2.51. The van der Waals surface area contributed by atoms with E-state index < -0.39 is 17.2 Å². The number of hydrogen-bond donors (Lipinski definition) is 0. The molecule has 1 aromatic heterocycles. The van der Waals surface area contributed by atoms with E-state index in [1.54, 1.807) is 11.0 Å². The first-order valence-corrected chi connectivity index (χ1v) is 11.0. The summed E-state index contributed by atoms with van der Waals surface area (Å²) in [5, 5.41) is 0.646. The molecule has 152 valence electrons. The molecule has 2 aliphatic rings. The number of amides is 1. The number of anilines is 1. The molecule has 2 aromatic carbocycles. The first-order valence-electron chi connectivity index (χ1n) is 9.48. The molecule has 3 heterocycles. The second kappa shape index (κ2) is 6.51. The van der Waals surface area contributed by atoms with E-state index in [1.165, 1.54) is 11.5 Å². The molecule has 2 aliphatic heterocycles. The Kier molecular flexibility index (Phi) is 4.23. The molecule has 0 saturated carbocycles. The lowest BCUT2D eigenvalue weighted by Gasteiger charge is -2.39. The summed E-state index contributed by atoms with van der Waals surface area (Å²) in [5.41, 5.74) is 2.80. The van der Waals surface area contributed by atoms with Gasteiger partial charge in [-0.25, -0.2) is 0 Å². The van der Waals surface area contributed by atoms with E-state index in [0.717, 1.165) is 21.7 Å². The summed E-state index contributed by atoms with van der Waals surface area (Å²) in [6.45, 7) is 6.23. The largest absolute Gasteiger partial charge is 0.494 e. The van der Waals surface area contributed by atoms with Crippen LogP contribution in [0.4, 0.5) is 5.69 Å². The molecule has 8 heteroatoms. The van der Waals surface area contributed by atoms with Crippen molar-refractivity contribution in [2.75, 3.05) is 11.5 Å². The van der Waals surface area contributed by atoms with Crippen LogP contribution in [0.3, 0.4) is 0 Å². The maximum atomic E-state index is 13.0. The molecule has 0 aliphatic carbocycles. The van der Waals surface area contributed by atoms with Crippen molar-refractivity contribution in [3.63, 3.8) is 0 Å². The predicted molar refractivity (Wildman–Crippen MR) is 121 cm³/mol. The number of carbonyl (C=O) groups is 2. The molecule has 0 spiro atoms. The number of rotatable bonds is 3. The Morgan fingerprint density at radius 2 is 1.80 bits per heavy atom. The van der Waals surface area contributed by atoms with Crippen molar-refractivity contribution in [2.45, 2.75) is 26.3 Å². The SMILES string of the molecule is CCOc1cc2c3c(c1)-c1c(sn(-c4ccc(Cl)cc4)c1=S)C(C)(C)N3C(=O)C2=O. The molecule has 3 aromatic rings. The lowest BCUT2D eigenvalue weighted by atomic mass is 9.87. The van der Waals surface area contributed by atoms with Crippen LogP contribution in [-0.4, -0.2) is 22.3 Å². The zero-order valence-corrected chi connectivity index (χ0v) is 18.9. The Hall–Kier alpha value is -2.48. The monoisotopic (exact) mass is 456 g/mol. The highest BCUT2D eigenvalue weighted by atomic mass is 35.5. The fraction of sp³-hybridized carbons (Fsp3) is 0.227. The van der Waals surface area contributed by atoms with E-state index in [4.69, 9.17) is 28.6 Å². The Bertz CT molecular complexity index is 1310. The highest BCUT2D eigenvalue weighted by Crippen LogP contribution is 2.55. The van der Waals surface area contributed by atoms with Gasteiger partial charge in [0.15, 0.2) is 0 Å². The average Bonchev–Trinajstić information content (AvgIpc) is 3.18. The minimum atomic E-state index is -0.719. The molecule has 5 rings (SSSR count). The summed E-state index contributed by atoms with van der Waals surface area (Å²) in [5.74, 6) is -0.473. The molecule has 0 bridgehead atoms. The van der Waals surface area contributed by atoms with Gasteiger partial charge >= 0.3 is 0 Å². The molecule has 0 saturated heterocycles. The number of Topliss-reactive ketones (excluding diaryl/α,β-unsaturated/α-hetero) is 1. The number of benzene rings is 2. The number of nitrogens with zero attached hydrogens (tertiary/aromatic N) is 2. The molecule has 30 heavy (non-hydrogen) atoms. The minimum absolute atomic E-state index is 0.373. The summed E-state index contributed by atoms with van der Waals surface area (Å²) in [7, 11) is 0. The van der Waals surface area contributed by atoms with Crippen molar-refractivity contribution in [3.8, 4) is 22.6 Å². The molecule has 0 atom stereocenters. The van der Waals surface area contributed by atoms with Crippen LogP contribution in [0, 0.1) is 4.64 Å². The van der Waals surface area contributed by atoms with Crippen molar-refractivity contribution >= 4 is 52.7 Å². The van der Waals surface area contributed by atoms with Crippen molar-refractivity contribution < 1.29 is 14.3 Å². The number of hydrogen-bond acceptors (Lipinski definition) is 5. The lowest BCUT2D eigenvalue weighted by Crippen LogP contribution is -2.46. The summed E-state index contributed by atoms with van der Waals surface area (Å²) < 4.78 is 8.29. The summed E-state index contributed by atoms with van der Waals surface area (Å²) in [6.07, 6.45) is 0. The minimum Gasteiger partial charge on any atom is -0.494 e. The summed E-state index contributed by atoms with van der Waals surface area (Å²) >= 11 is 13.4. The van der Waals surface area contributed by atoms with E-state index in [2.05, 4.69) is 0 Å². The van der Waals surface area contributed by atoms with Gasteiger partial charge < -0.3 is 4.74 Å². The van der Waals surface area contributed by atoms with Crippen LogP contribution < -0.4 is 9.64 Å². The quantitative estimate of drug-likeness (QED) is 0.371. The maximum absolute atomic E-state index is 13.0. The smallest absolute Gasteiger partial charge is 0.300 e. The Balaban J connectivity index is 1.85. The molecule has 5 nitrogen and oxygen atoms in total. The van der Waals surface area contributed by atoms with Crippen molar-refractivity contribution in [2.24, 2.45) is 0 Å². The topological polar surface area (TPSA) is 51.5 Å². The van der Waals surface area contributed by atoms with Gasteiger partial charge in [0.1, 0.15) is 10.4 Å². The van der Waals surface area contributed by atoms with E-state index in [-0.39, 0.29) is 0 Å². The van der Waals surface area contributed by atoms with Gasteiger partial charge in [-0.3, -0.25) is 18.4 Å². The van der Waals surface area contributed by atoms with Crippen molar-refractivity contribution in [3.05, 3.63) is 56.5 Å². The van der Waals surface area contributed by atoms with Gasteiger partial charge in [0, 0.05) is 16.1 Å². The first kappa shape index (κ1) is 19.5. The number of halogens is 1. The third-order valence-electron chi connectivity index (χ3n) is 5.51. The van der Waals surface area contributed by atoms with Crippen LogP contribution in [0.2, 0.25) is 5.02 Å². The number of aromatic nitrogens is 1.